The fourth-order valence-corrected chi connectivity index (χ4v) is 1.50. The van der Waals surface area contributed by atoms with Crippen LogP contribution in [-0.2, 0) is 9.47 Å². The number of methoxy groups -OCH3 is 1. The standard InChI is InChI=1S/C11H23NO4/c1-12-11(5-3-7-13,6-4-8-14)16-10-9-15-2/h13-14H,1,3-10H2,2H3. The van der Waals surface area contributed by atoms with Gasteiger partial charge >= 0.3 is 0 Å². The Morgan fingerprint density at radius 2 is 1.69 bits per heavy atom. The first-order chi connectivity index (χ1) is 7.74. The van der Waals surface area contributed by atoms with E-state index >= 15 is 0 Å². The highest BCUT2D eigenvalue weighted by atomic mass is 16.5. The Labute approximate surface area is 97.1 Å². The van der Waals surface area contributed by atoms with Crippen molar-refractivity contribution in [3.63, 3.8) is 0 Å². The van der Waals surface area contributed by atoms with Gasteiger partial charge in [-0.25, -0.2) is 0 Å². The molecule has 5 nitrogen and oxygen atoms in total. The molecule has 0 saturated heterocycles. The van der Waals surface area contributed by atoms with E-state index in [1.165, 1.54) is 0 Å². The zero-order chi connectivity index (χ0) is 12.3. The first kappa shape index (κ1) is 15.5. The lowest BCUT2D eigenvalue weighted by atomic mass is 10.0. The third kappa shape index (κ3) is 6.17. The summed E-state index contributed by atoms with van der Waals surface area (Å²) in [5, 5.41) is 17.7. The summed E-state index contributed by atoms with van der Waals surface area (Å²) in [6.45, 7) is 4.67. The molecule has 0 unspecified atom stereocenters. The fraction of sp³-hybridized carbons (Fsp3) is 0.909. The Hall–Kier alpha value is -0.490. The maximum atomic E-state index is 8.83. The minimum absolute atomic E-state index is 0.101. The van der Waals surface area contributed by atoms with Gasteiger partial charge in [0, 0.05) is 20.3 Å². The summed E-state index contributed by atoms with van der Waals surface area (Å²) in [7, 11) is 1.60. The van der Waals surface area contributed by atoms with Crippen LogP contribution >= 0.6 is 0 Å². The molecule has 0 heterocycles. The van der Waals surface area contributed by atoms with Gasteiger partial charge in [0.05, 0.1) is 13.2 Å². The van der Waals surface area contributed by atoms with Crippen molar-refractivity contribution >= 4 is 6.72 Å². The summed E-state index contributed by atoms with van der Waals surface area (Å²) < 4.78 is 10.6. The average Bonchev–Trinajstić information content (AvgIpc) is 2.32. The summed E-state index contributed by atoms with van der Waals surface area (Å²) in [5.74, 6) is 0. The lowest BCUT2D eigenvalue weighted by Gasteiger charge is -2.29. The second-order valence-corrected chi connectivity index (χ2v) is 3.60. The topological polar surface area (TPSA) is 71.3 Å². The van der Waals surface area contributed by atoms with Crippen molar-refractivity contribution in [1.82, 2.24) is 0 Å². The van der Waals surface area contributed by atoms with Crippen molar-refractivity contribution in [2.45, 2.75) is 31.4 Å². The maximum absolute atomic E-state index is 8.83. The number of nitrogens with zero attached hydrogens (tertiary/aromatic N) is 1. The highest BCUT2D eigenvalue weighted by Gasteiger charge is 2.27. The zero-order valence-electron chi connectivity index (χ0n) is 10.0. The number of aliphatic imine (C=N–C) groups is 1. The average molecular weight is 233 g/mol. The Morgan fingerprint density at radius 3 is 2.06 bits per heavy atom. The number of ether oxygens (including phenoxy) is 2. The first-order valence-electron chi connectivity index (χ1n) is 5.57. The molecule has 0 aromatic heterocycles. The summed E-state index contributed by atoms with van der Waals surface area (Å²) >= 11 is 0. The molecule has 0 radical (unpaired) electrons. The SMILES string of the molecule is C=NC(CCCO)(CCCO)OCCOC. The van der Waals surface area contributed by atoms with E-state index in [9.17, 15) is 0 Å². The predicted molar refractivity (Wildman–Crippen MR) is 62.7 cm³/mol. The van der Waals surface area contributed by atoms with Crippen LogP contribution < -0.4 is 0 Å². The first-order valence-corrected chi connectivity index (χ1v) is 5.57. The molecule has 0 aromatic carbocycles. The minimum atomic E-state index is -0.690. The second-order valence-electron chi connectivity index (χ2n) is 3.60. The minimum Gasteiger partial charge on any atom is -0.396 e. The Balaban J connectivity index is 4.21. The van der Waals surface area contributed by atoms with Gasteiger partial charge in [0.1, 0.15) is 0 Å². The normalized spacial score (nSPS) is 11.7. The van der Waals surface area contributed by atoms with E-state index < -0.39 is 5.72 Å². The van der Waals surface area contributed by atoms with Crippen LogP contribution in [0.4, 0.5) is 0 Å². The van der Waals surface area contributed by atoms with E-state index in [2.05, 4.69) is 11.7 Å². The molecule has 0 atom stereocenters. The number of hydrogen-bond donors (Lipinski definition) is 2. The van der Waals surface area contributed by atoms with Gasteiger partial charge in [-0.1, -0.05) is 0 Å². The van der Waals surface area contributed by atoms with Crippen LogP contribution in [0.25, 0.3) is 0 Å². The Bertz CT molecular complexity index is 167. The van der Waals surface area contributed by atoms with E-state index in [-0.39, 0.29) is 13.2 Å². The van der Waals surface area contributed by atoms with Crippen LogP contribution in [0.15, 0.2) is 4.99 Å². The van der Waals surface area contributed by atoms with Gasteiger partial charge in [0.25, 0.3) is 0 Å². The summed E-state index contributed by atoms with van der Waals surface area (Å²) in [4.78, 5) is 4.02. The van der Waals surface area contributed by atoms with Crippen molar-refractivity contribution in [3.05, 3.63) is 0 Å². The molecule has 0 spiro atoms. The van der Waals surface area contributed by atoms with Crippen LogP contribution in [0.5, 0.6) is 0 Å². The lowest BCUT2D eigenvalue weighted by molar-refractivity contribution is -0.0721. The van der Waals surface area contributed by atoms with Crippen molar-refractivity contribution in [2.75, 3.05) is 33.5 Å². The molecular formula is C11H23NO4. The molecule has 5 heteroatoms. The molecule has 96 valence electrons. The summed E-state index contributed by atoms with van der Waals surface area (Å²) in [5.41, 5.74) is -0.690. The van der Waals surface area contributed by atoms with Gasteiger partial charge in [-0.2, -0.15) is 0 Å². The van der Waals surface area contributed by atoms with Crippen molar-refractivity contribution in [1.29, 1.82) is 0 Å². The number of aliphatic hydroxyl groups is 2. The molecule has 0 amide bonds. The van der Waals surface area contributed by atoms with Gasteiger partial charge in [0.2, 0.25) is 0 Å². The molecule has 0 aliphatic rings. The molecule has 0 rings (SSSR count). The van der Waals surface area contributed by atoms with Crippen LogP contribution in [0.1, 0.15) is 25.7 Å². The largest absolute Gasteiger partial charge is 0.396 e. The second kappa shape index (κ2) is 9.72. The maximum Gasteiger partial charge on any atom is 0.158 e. The number of hydrogen-bond acceptors (Lipinski definition) is 5. The molecule has 0 aromatic rings. The number of rotatable bonds is 11. The molecule has 0 saturated carbocycles. The predicted octanol–water partition coefficient (Wildman–Crippen LogP) is 0.591. The van der Waals surface area contributed by atoms with Gasteiger partial charge in [-0.15, -0.1) is 0 Å². The molecule has 0 fully saturated rings. The van der Waals surface area contributed by atoms with E-state index in [1.54, 1.807) is 7.11 Å². The highest BCUT2D eigenvalue weighted by Crippen LogP contribution is 2.25. The smallest absolute Gasteiger partial charge is 0.158 e. The Kier molecular flexibility index (Phi) is 9.42. The molecule has 0 aliphatic carbocycles. The third-order valence-electron chi connectivity index (χ3n) is 2.40. The van der Waals surface area contributed by atoms with Crippen molar-refractivity contribution in [2.24, 2.45) is 4.99 Å². The molecule has 2 N–H and O–H groups in total. The summed E-state index contributed by atoms with van der Waals surface area (Å²) in [6.07, 6.45) is 2.43. The Morgan fingerprint density at radius 1 is 1.12 bits per heavy atom. The van der Waals surface area contributed by atoms with Gasteiger partial charge in [0.15, 0.2) is 5.72 Å². The quantitative estimate of drug-likeness (QED) is 0.405. The van der Waals surface area contributed by atoms with Gasteiger partial charge < -0.3 is 19.7 Å². The lowest BCUT2D eigenvalue weighted by Crippen LogP contribution is -2.32. The van der Waals surface area contributed by atoms with Gasteiger partial charge in [-0.05, 0) is 32.4 Å². The number of aliphatic hydroxyl groups excluding tert-OH is 2. The summed E-state index contributed by atoms with van der Waals surface area (Å²) in [6, 6.07) is 0. The molecule has 16 heavy (non-hydrogen) atoms. The third-order valence-corrected chi connectivity index (χ3v) is 2.40. The van der Waals surface area contributed by atoms with E-state index in [4.69, 9.17) is 19.7 Å². The van der Waals surface area contributed by atoms with Crippen molar-refractivity contribution < 1.29 is 19.7 Å². The highest BCUT2D eigenvalue weighted by molar-refractivity contribution is 5.25. The zero-order valence-corrected chi connectivity index (χ0v) is 10.0. The molecular weight excluding hydrogens is 210 g/mol. The van der Waals surface area contributed by atoms with Crippen LogP contribution in [0, 0.1) is 0 Å². The molecule has 0 bridgehead atoms. The van der Waals surface area contributed by atoms with E-state index in [0.717, 1.165) is 0 Å². The van der Waals surface area contributed by atoms with Crippen LogP contribution in [-0.4, -0.2) is 56.2 Å². The van der Waals surface area contributed by atoms with Crippen LogP contribution in [0.2, 0.25) is 0 Å². The van der Waals surface area contributed by atoms with E-state index in [0.29, 0.717) is 38.9 Å². The van der Waals surface area contributed by atoms with Crippen molar-refractivity contribution in [3.8, 4) is 0 Å². The van der Waals surface area contributed by atoms with Crippen LogP contribution in [0.3, 0.4) is 0 Å². The molecule has 0 aliphatic heterocycles. The monoisotopic (exact) mass is 233 g/mol. The fourth-order valence-electron chi connectivity index (χ4n) is 1.50. The van der Waals surface area contributed by atoms with Gasteiger partial charge in [-0.3, -0.25) is 4.99 Å². The van der Waals surface area contributed by atoms with E-state index in [1.807, 2.05) is 0 Å².